The van der Waals surface area contributed by atoms with Crippen molar-refractivity contribution >= 4 is 15.7 Å². The number of nitrogens with zero attached hydrogens (tertiary/aromatic N) is 2. The highest BCUT2D eigenvalue weighted by Gasteiger charge is 2.29. The van der Waals surface area contributed by atoms with Crippen LogP contribution in [0.1, 0.15) is 12.5 Å². The molecule has 8 heteroatoms. The van der Waals surface area contributed by atoms with Gasteiger partial charge in [-0.05, 0) is 29.8 Å². The largest absolute Gasteiger partial charge is 0.378 e. The SMILES string of the molecule is CCN(Cc1ccc(N(C)C)cc1)S(=O)(=O)c1ccc(F)c(F)c1F. The van der Waals surface area contributed by atoms with E-state index in [1.165, 1.54) is 0 Å². The summed E-state index contributed by atoms with van der Waals surface area (Å²) in [7, 11) is -0.547. The molecule has 0 amide bonds. The number of halogens is 3. The van der Waals surface area contributed by atoms with Crippen LogP contribution < -0.4 is 4.90 Å². The van der Waals surface area contributed by atoms with Crippen LogP contribution in [0.25, 0.3) is 0 Å². The Hall–Kier alpha value is -2.06. The average Bonchev–Trinajstić information content (AvgIpc) is 2.57. The van der Waals surface area contributed by atoms with Crippen molar-refractivity contribution in [3.8, 4) is 0 Å². The van der Waals surface area contributed by atoms with Crippen LogP contribution in [-0.2, 0) is 16.6 Å². The lowest BCUT2D eigenvalue weighted by molar-refractivity contribution is 0.405. The summed E-state index contributed by atoms with van der Waals surface area (Å²) in [6, 6.07) is 8.51. The number of sulfonamides is 1. The Balaban J connectivity index is 2.34. The fourth-order valence-corrected chi connectivity index (χ4v) is 3.81. The first kappa shape index (κ1) is 19.3. The summed E-state index contributed by atoms with van der Waals surface area (Å²) >= 11 is 0. The Kier molecular flexibility index (Phi) is 5.74. The first-order chi connectivity index (χ1) is 11.7. The molecule has 0 saturated carbocycles. The maximum Gasteiger partial charge on any atom is 0.246 e. The third kappa shape index (κ3) is 3.96. The van der Waals surface area contributed by atoms with Gasteiger partial charge in [-0.1, -0.05) is 19.1 Å². The summed E-state index contributed by atoms with van der Waals surface area (Å²) in [5.41, 5.74) is 1.64. The number of rotatable bonds is 6. The molecule has 2 aromatic rings. The molecular formula is C17H19F3N2O2S. The Morgan fingerprint density at radius 2 is 1.52 bits per heavy atom. The van der Waals surface area contributed by atoms with Crippen LogP contribution in [0.2, 0.25) is 0 Å². The molecule has 4 nitrogen and oxygen atoms in total. The van der Waals surface area contributed by atoms with Crippen LogP contribution in [0.15, 0.2) is 41.3 Å². The van der Waals surface area contributed by atoms with Crippen molar-refractivity contribution in [2.24, 2.45) is 0 Å². The molecule has 0 fully saturated rings. The molecule has 0 heterocycles. The zero-order valence-electron chi connectivity index (χ0n) is 14.1. The Morgan fingerprint density at radius 1 is 0.920 bits per heavy atom. The molecule has 2 aromatic carbocycles. The molecule has 0 saturated heterocycles. The summed E-state index contributed by atoms with van der Waals surface area (Å²) in [5.74, 6) is -4.94. The van der Waals surface area contributed by atoms with Crippen molar-refractivity contribution in [3.63, 3.8) is 0 Å². The van der Waals surface area contributed by atoms with E-state index < -0.39 is 32.4 Å². The van der Waals surface area contributed by atoms with E-state index in [2.05, 4.69) is 0 Å². The molecular weight excluding hydrogens is 353 g/mol. The van der Waals surface area contributed by atoms with Crippen molar-refractivity contribution in [1.29, 1.82) is 0 Å². The zero-order chi connectivity index (χ0) is 18.8. The summed E-state index contributed by atoms with van der Waals surface area (Å²) in [6.07, 6.45) is 0. The number of hydrogen-bond acceptors (Lipinski definition) is 3. The standard InChI is InChI=1S/C17H19F3N2O2S/c1-4-22(11-12-5-7-13(8-6-12)21(2)3)25(23,24)15-10-9-14(18)16(19)17(15)20/h5-10H,4,11H2,1-3H3. The van der Waals surface area contributed by atoms with Crippen LogP contribution in [0.3, 0.4) is 0 Å². The molecule has 0 aliphatic carbocycles. The fourth-order valence-electron chi connectivity index (χ4n) is 2.32. The fraction of sp³-hybridized carbons (Fsp3) is 0.294. The summed E-state index contributed by atoms with van der Waals surface area (Å²) < 4.78 is 66.6. The van der Waals surface area contributed by atoms with Gasteiger partial charge in [-0.2, -0.15) is 4.31 Å². The van der Waals surface area contributed by atoms with Crippen molar-refractivity contribution in [1.82, 2.24) is 4.31 Å². The van der Waals surface area contributed by atoms with E-state index in [0.29, 0.717) is 11.6 Å². The van der Waals surface area contributed by atoms with Crippen molar-refractivity contribution in [3.05, 3.63) is 59.4 Å². The van der Waals surface area contributed by atoms with Gasteiger partial charge in [0, 0.05) is 32.9 Å². The van der Waals surface area contributed by atoms with Crippen LogP contribution in [0, 0.1) is 17.5 Å². The first-order valence-corrected chi connectivity index (χ1v) is 9.02. The van der Waals surface area contributed by atoms with Crippen molar-refractivity contribution in [2.75, 3.05) is 25.5 Å². The van der Waals surface area contributed by atoms with Gasteiger partial charge >= 0.3 is 0 Å². The minimum atomic E-state index is -4.30. The molecule has 25 heavy (non-hydrogen) atoms. The van der Waals surface area contributed by atoms with E-state index in [-0.39, 0.29) is 13.1 Å². The molecule has 2 rings (SSSR count). The monoisotopic (exact) mass is 372 g/mol. The second-order valence-corrected chi connectivity index (χ2v) is 7.57. The smallest absolute Gasteiger partial charge is 0.246 e. The third-order valence-corrected chi connectivity index (χ3v) is 5.72. The van der Waals surface area contributed by atoms with E-state index in [9.17, 15) is 21.6 Å². The van der Waals surface area contributed by atoms with Crippen LogP contribution in [-0.4, -0.2) is 33.4 Å². The van der Waals surface area contributed by atoms with Crippen LogP contribution in [0.4, 0.5) is 18.9 Å². The molecule has 0 N–H and O–H groups in total. The minimum Gasteiger partial charge on any atom is -0.378 e. The number of benzene rings is 2. The zero-order valence-corrected chi connectivity index (χ0v) is 14.9. The molecule has 0 aliphatic heterocycles. The predicted octanol–water partition coefficient (Wildman–Crippen LogP) is 3.38. The highest BCUT2D eigenvalue weighted by Crippen LogP contribution is 2.24. The molecule has 136 valence electrons. The molecule has 0 aliphatic rings. The molecule has 0 unspecified atom stereocenters. The van der Waals surface area contributed by atoms with E-state index in [1.54, 1.807) is 19.1 Å². The van der Waals surface area contributed by atoms with E-state index in [1.807, 2.05) is 31.1 Å². The van der Waals surface area contributed by atoms with E-state index >= 15 is 0 Å². The molecule has 0 atom stereocenters. The second kappa shape index (κ2) is 7.45. The second-order valence-electron chi connectivity index (χ2n) is 5.67. The van der Waals surface area contributed by atoms with Gasteiger partial charge in [0.05, 0.1) is 0 Å². The molecule has 0 radical (unpaired) electrons. The highest BCUT2D eigenvalue weighted by molar-refractivity contribution is 7.89. The van der Waals surface area contributed by atoms with Gasteiger partial charge in [-0.3, -0.25) is 0 Å². The lowest BCUT2D eigenvalue weighted by Crippen LogP contribution is -2.31. The van der Waals surface area contributed by atoms with Gasteiger partial charge in [0.1, 0.15) is 4.90 Å². The Morgan fingerprint density at radius 3 is 2.04 bits per heavy atom. The third-order valence-electron chi connectivity index (χ3n) is 3.78. The lowest BCUT2D eigenvalue weighted by atomic mass is 10.2. The molecule has 0 aromatic heterocycles. The lowest BCUT2D eigenvalue weighted by Gasteiger charge is -2.21. The highest BCUT2D eigenvalue weighted by atomic mass is 32.2. The van der Waals surface area contributed by atoms with Gasteiger partial charge in [-0.15, -0.1) is 0 Å². The molecule has 0 bridgehead atoms. The van der Waals surface area contributed by atoms with Crippen molar-refractivity contribution in [2.45, 2.75) is 18.4 Å². The topological polar surface area (TPSA) is 40.6 Å². The quantitative estimate of drug-likeness (QED) is 0.730. The van der Waals surface area contributed by atoms with Crippen LogP contribution >= 0.6 is 0 Å². The molecule has 0 spiro atoms. The van der Waals surface area contributed by atoms with Gasteiger partial charge in [-0.25, -0.2) is 21.6 Å². The maximum absolute atomic E-state index is 13.9. The number of hydrogen-bond donors (Lipinski definition) is 0. The van der Waals surface area contributed by atoms with Gasteiger partial charge in [0.25, 0.3) is 0 Å². The Bertz CT molecular complexity index is 853. The Labute approximate surface area is 145 Å². The first-order valence-electron chi connectivity index (χ1n) is 7.58. The normalized spacial score (nSPS) is 11.8. The number of anilines is 1. The predicted molar refractivity (Wildman–Crippen MR) is 90.4 cm³/mol. The van der Waals surface area contributed by atoms with Crippen LogP contribution in [0.5, 0.6) is 0 Å². The summed E-state index contributed by atoms with van der Waals surface area (Å²) in [6.45, 7) is 1.63. The van der Waals surface area contributed by atoms with Gasteiger partial charge in [0.2, 0.25) is 10.0 Å². The maximum atomic E-state index is 13.9. The van der Waals surface area contributed by atoms with Gasteiger partial charge < -0.3 is 4.90 Å². The van der Waals surface area contributed by atoms with E-state index in [4.69, 9.17) is 0 Å². The minimum absolute atomic E-state index is 0.00895. The average molecular weight is 372 g/mol. The summed E-state index contributed by atoms with van der Waals surface area (Å²) in [4.78, 5) is 1.02. The van der Waals surface area contributed by atoms with Gasteiger partial charge in [0.15, 0.2) is 17.5 Å². The van der Waals surface area contributed by atoms with Crippen molar-refractivity contribution < 1.29 is 21.6 Å². The summed E-state index contributed by atoms with van der Waals surface area (Å²) in [5, 5.41) is 0. The van der Waals surface area contributed by atoms with E-state index in [0.717, 1.165) is 16.1 Å².